The first kappa shape index (κ1) is 17.9. The van der Waals surface area contributed by atoms with Crippen LogP contribution in [0.15, 0.2) is 61.6 Å². The van der Waals surface area contributed by atoms with Crippen LogP contribution >= 0.6 is 0 Å². The molecule has 1 aromatic carbocycles. The lowest BCUT2D eigenvalue weighted by molar-refractivity contribution is -0.122. The first-order valence-corrected chi connectivity index (χ1v) is 8.74. The van der Waals surface area contributed by atoms with E-state index in [2.05, 4.69) is 27.4 Å². The zero-order valence-electron chi connectivity index (χ0n) is 14.7. The summed E-state index contributed by atoms with van der Waals surface area (Å²) in [4.78, 5) is 20.5. The molecular weight excluding hydrogens is 328 g/mol. The number of imidazole rings is 2. The molecule has 0 spiro atoms. The summed E-state index contributed by atoms with van der Waals surface area (Å²) < 4.78 is 3.98. The van der Waals surface area contributed by atoms with Crippen LogP contribution in [0.5, 0.6) is 0 Å². The SMILES string of the molecule is N[C@@H](Cc1cn(Cc2ccccc2)cn1)C(=O)NCCCn1ccnc1. The van der Waals surface area contributed by atoms with Crippen molar-refractivity contribution in [1.82, 2.24) is 24.4 Å². The lowest BCUT2D eigenvalue weighted by atomic mass is 10.1. The number of rotatable bonds is 9. The van der Waals surface area contributed by atoms with E-state index in [4.69, 9.17) is 5.73 Å². The Bertz CT molecular complexity index is 797. The van der Waals surface area contributed by atoms with E-state index < -0.39 is 6.04 Å². The van der Waals surface area contributed by atoms with Gasteiger partial charge < -0.3 is 20.2 Å². The Kier molecular flexibility index (Phi) is 6.16. The fraction of sp³-hybridized carbons (Fsp3) is 0.316. The maximum absolute atomic E-state index is 12.1. The Morgan fingerprint density at radius 2 is 2.04 bits per heavy atom. The molecule has 0 saturated heterocycles. The van der Waals surface area contributed by atoms with Crippen LogP contribution < -0.4 is 11.1 Å². The molecule has 3 aromatic rings. The first-order valence-electron chi connectivity index (χ1n) is 8.74. The Hall–Kier alpha value is -2.93. The van der Waals surface area contributed by atoms with Gasteiger partial charge in [-0.15, -0.1) is 0 Å². The van der Waals surface area contributed by atoms with E-state index in [0.717, 1.165) is 25.2 Å². The molecule has 0 aliphatic carbocycles. The molecule has 1 atom stereocenters. The third-order valence-electron chi connectivity index (χ3n) is 4.11. The van der Waals surface area contributed by atoms with E-state index in [-0.39, 0.29) is 5.91 Å². The number of carbonyl (C=O) groups excluding carboxylic acids is 1. The van der Waals surface area contributed by atoms with Gasteiger partial charge in [-0.05, 0) is 12.0 Å². The van der Waals surface area contributed by atoms with Gasteiger partial charge in [-0.1, -0.05) is 30.3 Å². The number of amides is 1. The quantitative estimate of drug-likeness (QED) is 0.566. The summed E-state index contributed by atoms with van der Waals surface area (Å²) in [5.74, 6) is -0.145. The number of nitrogens with one attached hydrogen (secondary N) is 1. The number of carbonyl (C=O) groups is 1. The Labute approximate surface area is 152 Å². The number of nitrogens with zero attached hydrogens (tertiary/aromatic N) is 4. The summed E-state index contributed by atoms with van der Waals surface area (Å²) in [6, 6.07) is 9.57. The van der Waals surface area contributed by atoms with Crippen LogP contribution in [0.3, 0.4) is 0 Å². The van der Waals surface area contributed by atoms with E-state index in [1.54, 1.807) is 18.9 Å². The lowest BCUT2D eigenvalue weighted by Gasteiger charge is -2.11. The van der Waals surface area contributed by atoms with Crippen molar-refractivity contribution in [2.75, 3.05) is 6.54 Å². The molecule has 0 unspecified atom stereocenters. The second-order valence-electron chi connectivity index (χ2n) is 6.28. The van der Waals surface area contributed by atoms with Gasteiger partial charge in [-0.3, -0.25) is 4.79 Å². The standard InChI is InChI=1S/C19H24N6O/c20-18(19(26)22-7-4-9-24-10-8-21-14-24)11-17-13-25(15-23-17)12-16-5-2-1-3-6-16/h1-3,5-6,8,10,13-15,18H,4,7,9,11-12,20H2,(H,22,26)/t18-/m0/s1. The normalized spacial score (nSPS) is 12.0. The largest absolute Gasteiger partial charge is 0.355 e. The van der Waals surface area contributed by atoms with Gasteiger partial charge in [0.05, 0.1) is 24.4 Å². The average molecular weight is 352 g/mol. The highest BCUT2D eigenvalue weighted by atomic mass is 16.2. The highest BCUT2D eigenvalue weighted by molar-refractivity contribution is 5.81. The minimum atomic E-state index is -0.594. The Morgan fingerprint density at radius 3 is 2.81 bits per heavy atom. The number of benzene rings is 1. The number of hydrogen-bond donors (Lipinski definition) is 2. The van der Waals surface area contributed by atoms with Crippen LogP contribution in [0.25, 0.3) is 0 Å². The molecule has 0 fully saturated rings. The average Bonchev–Trinajstić information content (AvgIpc) is 3.31. The number of hydrogen-bond acceptors (Lipinski definition) is 4. The van der Waals surface area contributed by atoms with Crippen LogP contribution in [-0.4, -0.2) is 37.6 Å². The molecule has 0 saturated carbocycles. The number of aromatic nitrogens is 4. The van der Waals surface area contributed by atoms with Crippen molar-refractivity contribution in [3.05, 3.63) is 72.8 Å². The summed E-state index contributed by atoms with van der Waals surface area (Å²) in [6.07, 6.45) is 10.4. The fourth-order valence-corrected chi connectivity index (χ4v) is 2.73. The van der Waals surface area contributed by atoms with Crippen molar-refractivity contribution in [2.24, 2.45) is 5.73 Å². The minimum Gasteiger partial charge on any atom is -0.355 e. The van der Waals surface area contributed by atoms with Crippen molar-refractivity contribution in [3.8, 4) is 0 Å². The van der Waals surface area contributed by atoms with Crippen LogP contribution in [0.4, 0.5) is 0 Å². The van der Waals surface area contributed by atoms with Gasteiger partial charge in [-0.2, -0.15) is 0 Å². The Balaban J connectivity index is 1.41. The maximum Gasteiger partial charge on any atom is 0.237 e. The van der Waals surface area contributed by atoms with Gasteiger partial charge in [0, 0.05) is 44.6 Å². The molecule has 7 heteroatoms. The highest BCUT2D eigenvalue weighted by Gasteiger charge is 2.15. The van der Waals surface area contributed by atoms with E-state index in [1.165, 1.54) is 5.56 Å². The van der Waals surface area contributed by atoms with Gasteiger partial charge in [0.25, 0.3) is 0 Å². The monoisotopic (exact) mass is 352 g/mol. The van der Waals surface area contributed by atoms with Crippen LogP contribution in [-0.2, 0) is 24.3 Å². The van der Waals surface area contributed by atoms with Gasteiger partial charge in [0.1, 0.15) is 0 Å². The zero-order valence-corrected chi connectivity index (χ0v) is 14.7. The highest BCUT2D eigenvalue weighted by Crippen LogP contribution is 2.05. The topological polar surface area (TPSA) is 90.8 Å². The maximum atomic E-state index is 12.1. The van der Waals surface area contributed by atoms with Crippen LogP contribution in [0.1, 0.15) is 17.7 Å². The molecule has 3 N–H and O–H groups in total. The second kappa shape index (κ2) is 8.96. The molecule has 0 aliphatic rings. The zero-order chi connectivity index (χ0) is 18.2. The second-order valence-corrected chi connectivity index (χ2v) is 6.28. The summed E-state index contributed by atoms with van der Waals surface area (Å²) in [5, 5.41) is 2.88. The summed E-state index contributed by atoms with van der Waals surface area (Å²) in [5.41, 5.74) is 8.04. The molecule has 0 radical (unpaired) electrons. The molecule has 2 aromatic heterocycles. The molecule has 0 bridgehead atoms. The van der Waals surface area contributed by atoms with Crippen molar-refractivity contribution in [3.63, 3.8) is 0 Å². The third kappa shape index (κ3) is 5.29. The summed E-state index contributed by atoms with van der Waals surface area (Å²) in [7, 11) is 0. The fourth-order valence-electron chi connectivity index (χ4n) is 2.73. The third-order valence-corrected chi connectivity index (χ3v) is 4.11. The molecule has 2 heterocycles. The first-order chi connectivity index (χ1) is 12.7. The molecule has 1 amide bonds. The summed E-state index contributed by atoms with van der Waals surface area (Å²) >= 11 is 0. The summed E-state index contributed by atoms with van der Waals surface area (Å²) in [6.45, 7) is 2.16. The van der Waals surface area contributed by atoms with Crippen LogP contribution in [0.2, 0.25) is 0 Å². The van der Waals surface area contributed by atoms with E-state index >= 15 is 0 Å². The minimum absolute atomic E-state index is 0.145. The van der Waals surface area contributed by atoms with Crippen molar-refractivity contribution in [2.45, 2.75) is 32.0 Å². The number of aryl methyl sites for hydroxylation is 1. The molecular formula is C19H24N6O. The van der Waals surface area contributed by atoms with Crippen molar-refractivity contribution < 1.29 is 4.79 Å². The van der Waals surface area contributed by atoms with Gasteiger partial charge in [-0.25, -0.2) is 9.97 Å². The molecule has 7 nitrogen and oxygen atoms in total. The lowest BCUT2D eigenvalue weighted by Crippen LogP contribution is -2.42. The predicted octanol–water partition coefficient (Wildman–Crippen LogP) is 1.20. The molecule has 0 aliphatic heterocycles. The van der Waals surface area contributed by atoms with Crippen molar-refractivity contribution in [1.29, 1.82) is 0 Å². The van der Waals surface area contributed by atoms with Crippen molar-refractivity contribution >= 4 is 5.91 Å². The van der Waals surface area contributed by atoms with Gasteiger partial charge >= 0.3 is 0 Å². The van der Waals surface area contributed by atoms with E-state index in [9.17, 15) is 4.79 Å². The van der Waals surface area contributed by atoms with E-state index in [1.807, 2.05) is 39.7 Å². The van der Waals surface area contributed by atoms with Gasteiger partial charge in [0.2, 0.25) is 5.91 Å². The Morgan fingerprint density at radius 1 is 1.19 bits per heavy atom. The number of nitrogens with two attached hydrogens (primary N) is 1. The van der Waals surface area contributed by atoms with Gasteiger partial charge in [0.15, 0.2) is 0 Å². The predicted molar refractivity (Wildman–Crippen MR) is 99.3 cm³/mol. The van der Waals surface area contributed by atoms with Crippen LogP contribution in [0, 0.1) is 0 Å². The smallest absolute Gasteiger partial charge is 0.237 e. The van der Waals surface area contributed by atoms with E-state index in [0.29, 0.717) is 13.0 Å². The molecule has 136 valence electrons. The molecule has 26 heavy (non-hydrogen) atoms. The molecule has 3 rings (SSSR count).